The van der Waals surface area contributed by atoms with E-state index in [0.717, 1.165) is 17.7 Å². The third-order valence-electron chi connectivity index (χ3n) is 6.62. The number of hydrogen-bond acceptors (Lipinski definition) is 6. The first-order valence-electron chi connectivity index (χ1n) is 10.7. The number of para-hydroxylation sites is 2. The number of imide groups is 1. The maximum atomic E-state index is 13.2. The number of amides is 5. The van der Waals surface area contributed by atoms with Crippen molar-refractivity contribution < 1.29 is 28.7 Å². The standard InChI is InChI=1S/C22H26N4O6/c1-3-21(2)19(30)25(20(31)24-21)12-17(28)32-13-16(27)26-15-9-5-4-8-14(15)23-18(29)22(26)10-6-7-11-22/h4-5,8-9H,3,6-7,10-13H2,1-2H3,(H,23,29)(H,24,31). The van der Waals surface area contributed by atoms with Crippen LogP contribution in [0, 0.1) is 0 Å². The molecule has 0 bridgehead atoms. The Morgan fingerprint density at radius 3 is 2.47 bits per heavy atom. The molecule has 2 aliphatic heterocycles. The number of nitrogens with zero attached hydrogens (tertiary/aromatic N) is 2. The number of carbonyl (C=O) groups is 5. The van der Waals surface area contributed by atoms with Crippen molar-refractivity contribution in [2.24, 2.45) is 0 Å². The van der Waals surface area contributed by atoms with E-state index in [-0.39, 0.29) is 5.91 Å². The molecule has 1 spiro atoms. The molecule has 2 N–H and O–H groups in total. The number of ether oxygens (including phenoxy) is 1. The Labute approximate surface area is 185 Å². The van der Waals surface area contributed by atoms with Crippen LogP contribution in [0.5, 0.6) is 0 Å². The van der Waals surface area contributed by atoms with Gasteiger partial charge in [-0.05, 0) is 38.3 Å². The molecule has 5 amide bonds. The number of rotatable bonds is 5. The third-order valence-corrected chi connectivity index (χ3v) is 6.62. The molecule has 0 aromatic heterocycles. The van der Waals surface area contributed by atoms with Crippen LogP contribution in [-0.2, 0) is 23.9 Å². The van der Waals surface area contributed by atoms with E-state index in [0.29, 0.717) is 30.6 Å². The van der Waals surface area contributed by atoms with Crippen LogP contribution in [0.2, 0.25) is 0 Å². The van der Waals surface area contributed by atoms with Crippen molar-refractivity contribution in [2.75, 3.05) is 23.4 Å². The van der Waals surface area contributed by atoms with Gasteiger partial charge in [0.15, 0.2) is 6.61 Å². The Bertz CT molecular complexity index is 1000. The molecule has 1 aromatic carbocycles. The van der Waals surface area contributed by atoms with Crippen LogP contribution in [0.3, 0.4) is 0 Å². The molecular formula is C22H26N4O6. The van der Waals surface area contributed by atoms with Crippen LogP contribution in [0.25, 0.3) is 0 Å². The van der Waals surface area contributed by atoms with Gasteiger partial charge < -0.3 is 15.4 Å². The van der Waals surface area contributed by atoms with E-state index in [1.807, 2.05) is 0 Å². The van der Waals surface area contributed by atoms with Crippen LogP contribution in [0.1, 0.15) is 46.0 Å². The monoisotopic (exact) mass is 442 g/mol. The average molecular weight is 442 g/mol. The summed E-state index contributed by atoms with van der Waals surface area (Å²) in [5.41, 5.74) is -0.992. The van der Waals surface area contributed by atoms with Gasteiger partial charge in [-0.25, -0.2) is 4.79 Å². The average Bonchev–Trinajstić information content (AvgIpc) is 3.33. The second-order valence-electron chi connectivity index (χ2n) is 8.61. The summed E-state index contributed by atoms with van der Waals surface area (Å²) in [6.07, 6.45) is 3.03. The molecule has 2 fully saturated rings. The van der Waals surface area contributed by atoms with E-state index >= 15 is 0 Å². The van der Waals surface area contributed by atoms with E-state index in [9.17, 15) is 24.0 Å². The lowest BCUT2D eigenvalue weighted by atomic mass is 9.90. The Hall–Kier alpha value is -3.43. The summed E-state index contributed by atoms with van der Waals surface area (Å²) < 4.78 is 5.13. The fourth-order valence-corrected chi connectivity index (χ4v) is 4.64. The molecule has 1 saturated carbocycles. The number of nitrogens with one attached hydrogen (secondary N) is 2. The SMILES string of the molecule is CCC1(C)NC(=O)N(CC(=O)OCC(=O)N2c3ccccc3NC(=O)C23CCCC3)C1=O. The zero-order valence-corrected chi connectivity index (χ0v) is 18.1. The number of esters is 1. The Morgan fingerprint density at radius 2 is 1.81 bits per heavy atom. The van der Waals surface area contributed by atoms with Crippen LogP contribution in [0.4, 0.5) is 16.2 Å². The molecule has 32 heavy (non-hydrogen) atoms. The van der Waals surface area contributed by atoms with Crippen molar-refractivity contribution in [3.63, 3.8) is 0 Å². The highest BCUT2D eigenvalue weighted by molar-refractivity contribution is 6.15. The Kier molecular flexibility index (Phi) is 5.39. The number of urea groups is 1. The van der Waals surface area contributed by atoms with Crippen molar-refractivity contribution in [1.82, 2.24) is 10.2 Å². The highest BCUT2D eigenvalue weighted by Crippen LogP contribution is 2.45. The van der Waals surface area contributed by atoms with Gasteiger partial charge in [-0.1, -0.05) is 31.9 Å². The van der Waals surface area contributed by atoms with Gasteiger partial charge in [-0.15, -0.1) is 0 Å². The molecule has 0 radical (unpaired) electrons. The summed E-state index contributed by atoms with van der Waals surface area (Å²) in [4.78, 5) is 65.2. The van der Waals surface area contributed by atoms with Gasteiger partial charge in [0.2, 0.25) is 0 Å². The summed E-state index contributed by atoms with van der Waals surface area (Å²) in [5.74, 6) is -2.16. The molecule has 1 aliphatic carbocycles. The van der Waals surface area contributed by atoms with E-state index in [4.69, 9.17) is 4.74 Å². The molecular weight excluding hydrogens is 416 g/mol. The van der Waals surface area contributed by atoms with Gasteiger partial charge in [0.25, 0.3) is 17.7 Å². The molecule has 170 valence electrons. The minimum Gasteiger partial charge on any atom is -0.454 e. The number of carbonyl (C=O) groups excluding carboxylic acids is 5. The molecule has 1 unspecified atom stereocenters. The third kappa shape index (κ3) is 3.39. The highest BCUT2D eigenvalue weighted by atomic mass is 16.5. The summed E-state index contributed by atoms with van der Waals surface area (Å²) in [6, 6.07) is 6.32. The van der Waals surface area contributed by atoms with Crippen molar-refractivity contribution in [1.29, 1.82) is 0 Å². The summed E-state index contributed by atoms with van der Waals surface area (Å²) in [5, 5.41) is 5.44. The van der Waals surface area contributed by atoms with Gasteiger partial charge in [0.05, 0.1) is 11.4 Å². The van der Waals surface area contributed by atoms with Crippen LogP contribution < -0.4 is 15.5 Å². The van der Waals surface area contributed by atoms with E-state index < -0.39 is 48.0 Å². The number of benzene rings is 1. The van der Waals surface area contributed by atoms with Crippen molar-refractivity contribution >= 4 is 41.1 Å². The summed E-state index contributed by atoms with van der Waals surface area (Å²) in [6.45, 7) is 2.15. The van der Waals surface area contributed by atoms with Crippen LogP contribution in [0.15, 0.2) is 24.3 Å². The lowest BCUT2D eigenvalue weighted by Crippen LogP contribution is -2.61. The van der Waals surface area contributed by atoms with E-state index in [1.54, 1.807) is 38.1 Å². The number of fused-ring (bicyclic) bond motifs is 1. The summed E-state index contributed by atoms with van der Waals surface area (Å²) in [7, 11) is 0. The van der Waals surface area contributed by atoms with Crippen molar-refractivity contribution in [3.05, 3.63) is 24.3 Å². The van der Waals surface area contributed by atoms with E-state index in [1.165, 1.54) is 4.90 Å². The van der Waals surface area contributed by atoms with Crippen LogP contribution >= 0.6 is 0 Å². The molecule has 3 aliphatic rings. The second kappa shape index (κ2) is 7.92. The van der Waals surface area contributed by atoms with E-state index in [2.05, 4.69) is 10.6 Å². The number of hydrogen-bond donors (Lipinski definition) is 2. The van der Waals surface area contributed by atoms with Gasteiger partial charge in [-0.3, -0.25) is 29.0 Å². The maximum Gasteiger partial charge on any atom is 0.326 e. The number of anilines is 2. The normalized spacial score (nSPS) is 23.8. The maximum absolute atomic E-state index is 13.2. The van der Waals surface area contributed by atoms with Crippen molar-refractivity contribution in [3.8, 4) is 0 Å². The molecule has 1 atom stereocenters. The fourth-order valence-electron chi connectivity index (χ4n) is 4.64. The molecule has 10 heteroatoms. The lowest BCUT2D eigenvalue weighted by Gasteiger charge is -2.44. The first-order valence-corrected chi connectivity index (χ1v) is 10.7. The first kappa shape index (κ1) is 21.8. The largest absolute Gasteiger partial charge is 0.454 e. The topological polar surface area (TPSA) is 125 Å². The smallest absolute Gasteiger partial charge is 0.326 e. The first-order chi connectivity index (χ1) is 15.2. The predicted molar refractivity (Wildman–Crippen MR) is 114 cm³/mol. The predicted octanol–water partition coefficient (Wildman–Crippen LogP) is 1.55. The second-order valence-corrected chi connectivity index (χ2v) is 8.61. The van der Waals surface area contributed by atoms with Gasteiger partial charge >= 0.3 is 12.0 Å². The van der Waals surface area contributed by atoms with Gasteiger partial charge in [-0.2, -0.15) is 0 Å². The highest BCUT2D eigenvalue weighted by Gasteiger charge is 2.52. The quantitative estimate of drug-likeness (QED) is 0.527. The Balaban J connectivity index is 1.47. The molecule has 10 nitrogen and oxygen atoms in total. The molecule has 1 saturated heterocycles. The Morgan fingerprint density at radius 1 is 1.12 bits per heavy atom. The molecule has 4 rings (SSSR count). The van der Waals surface area contributed by atoms with Crippen molar-refractivity contribution in [2.45, 2.75) is 57.0 Å². The zero-order chi connectivity index (χ0) is 23.1. The minimum absolute atomic E-state index is 0.244. The lowest BCUT2D eigenvalue weighted by molar-refractivity contribution is -0.151. The molecule has 1 aromatic rings. The minimum atomic E-state index is -1.06. The van der Waals surface area contributed by atoms with Gasteiger partial charge in [0, 0.05) is 0 Å². The fraction of sp³-hybridized carbons (Fsp3) is 0.500. The van der Waals surface area contributed by atoms with Gasteiger partial charge in [0.1, 0.15) is 17.6 Å². The zero-order valence-electron chi connectivity index (χ0n) is 18.1. The van der Waals surface area contributed by atoms with Crippen LogP contribution in [-0.4, -0.2) is 58.9 Å². The summed E-state index contributed by atoms with van der Waals surface area (Å²) >= 11 is 0. The molecule has 2 heterocycles.